The molecule has 0 saturated carbocycles. The van der Waals surface area contributed by atoms with Crippen molar-refractivity contribution >= 4 is 24.8 Å². The summed E-state index contributed by atoms with van der Waals surface area (Å²) in [5, 5.41) is 10.2. The summed E-state index contributed by atoms with van der Waals surface area (Å²) in [4.78, 5) is 12.8. The number of carbonyl (C=O) groups excluding carboxylic acids is 1. The highest BCUT2D eigenvalue weighted by Crippen LogP contribution is 2.21. The van der Waals surface area contributed by atoms with Gasteiger partial charge in [0.25, 0.3) is 0 Å². The summed E-state index contributed by atoms with van der Waals surface area (Å²) >= 11 is 0. The molecule has 1 aromatic heterocycles. The van der Waals surface area contributed by atoms with Gasteiger partial charge in [0.1, 0.15) is 6.73 Å². The number of ketones is 1. The maximum Gasteiger partial charge on any atom is 0.194 e. The van der Waals surface area contributed by atoms with Crippen LogP contribution in [0.4, 0.5) is 0 Å². The van der Waals surface area contributed by atoms with E-state index in [0.717, 1.165) is 23.6 Å². The van der Waals surface area contributed by atoms with Crippen molar-refractivity contribution in [3.05, 3.63) is 71.4 Å². The number of hydrogen-bond donors (Lipinski definition) is 0. The molecule has 0 unspecified atom stereocenters. The van der Waals surface area contributed by atoms with Crippen molar-refractivity contribution in [1.82, 2.24) is 4.57 Å². The van der Waals surface area contributed by atoms with E-state index < -0.39 is 8.07 Å². The van der Waals surface area contributed by atoms with Gasteiger partial charge in [0.15, 0.2) is 5.78 Å². The lowest BCUT2D eigenvalue weighted by atomic mass is 9.98. The smallest absolute Gasteiger partial charge is 0.194 e. The molecule has 0 aliphatic carbocycles. The minimum absolute atomic E-state index is 0.131. The van der Waals surface area contributed by atoms with E-state index in [1.807, 2.05) is 30.5 Å². The summed E-state index contributed by atoms with van der Waals surface area (Å²) in [6.45, 7) is 8.30. The first kappa shape index (κ1) is 19.1. The van der Waals surface area contributed by atoms with E-state index in [4.69, 9.17) is 4.74 Å². The number of ether oxygens (including phenoxy) is 1. The van der Waals surface area contributed by atoms with Crippen LogP contribution in [0.3, 0.4) is 0 Å². The highest BCUT2D eigenvalue weighted by molar-refractivity contribution is 6.76. The summed E-state index contributed by atoms with van der Waals surface area (Å²) in [6, 6.07) is 17.8. The summed E-state index contributed by atoms with van der Waals surface area (Å²) < 4.78 is 7.89. The summed E-state index contributed by atoms with van der Waals surface area (Å²) in [7, 11) is -1.09. The third-order valence-electron chi connectivity index (χ3n) is 4.55. The van der Waals surface area contributed by atoms with Crippen molar-refractivity contribution in [3.63, 3.8) is 0 Å². The van der Waals surface area contributed by atoms with E-state index in [2.05, 4.69) is 30.3 Å². The zero-order chi connectivity index (χ0) is 19.4. The van der Waals surface area contributed by atoms with E-state index in [0.29, 0.717) is 23.4 Å². The van der Waals surface area contributed by atoms with Gasteiger partial charge < -0.3 is 9.30 Å². The van der Waals surface area contributed by atoms with Gasteiger partial charge in [-0.2, -0.15) is 5.26 Å². The molecule has 3 aromatic rings. The molecule has 3 rings (SSSR count). The average molecular weight is 377 g/mol. The zero-order valence-electron chi connectivity index (χ0n) is 16.0. The molecule has 27 heavy (non-hydrogen) atoms. The lowest BCUT2D eigenvalue weighted by molar-refractivity contribution is 0.0902. The van der Waals surface area contributed by atoms with Crippen LogP contribution < -0.4 is 0 Å². The van der Waals surface area contributed by atoms with Gasteiger partial charge in [0, 0.05) is 37.4 Å². The quantitative estimate of drug-likeness (QED) is 0.329. The van der Waals surface area contributed by atoms with Crippen LogP contribution in [0.25, 0.3) is 10.9 Å². The van der Waals surface area contributed by atoms with Crippen molar-refractivity contribution in [2.45, 2.75) is 32.4 Å². The molecule has 4 nitrogen and oxygen atoms in total. The normalized spacial score (nSPS) is 11.5. The Kier molecular flexibility index (Phi) is 5.59. The molecule has 2 aromatic carbocycles. The molecule has 0 spiro atoms. The number of hydrogen-bond acceptors (Lipinski definition) is 3. The van der Waals surface area contributed by atoms with E-state index in [1.54, 1.807) is 24.3 Å². The molecule has 0 saturated heterocycles. The van der Waals surface area contributed by atoms with E-state index in [1.165, 1.54) is 0 Å². The molecule has 5 heteroatoms. The molecule has 1 heterocycles. The minimum Gasteiger partial charge on any atom is -0.361 e. The molecule has 0 aliphatic rings. The predicted octanol–water partition coefficient (Wildman–Crippen LogP) is 5.06. The van der Waals surface area contributed by atoms with Crippen LogP contribution in [-0.4, -0.2) is 25.0 Å². The fraction of sp³-hybridized carbons (Fsp3) is 0.273. The van der Waals surface area contributed by atoms with Crippen LogP contribution in [0, 0.1) is 11.3 Å². The van der Waals surface area contributed by atoms with E-state index in [9.17, 15) is 10.1 Å². The SMILES string of the molecule is C[Si](C)(C)CCOCn1ccc2cc(C(=O)c3ccccc3C#N)ccc21. The fourth-order valence-corrected chi connectivity index (χ4v) is 3.69. The molecule has 0 atom stereocenters. The number of carbonyl (C=O) groups is 1. The summed E-state index contributed by atoms with van der Waals surface area (Å²) in [6.07, 6.45) is 1.98. The van der Waals surface area contributed by atoms with Crippen molar-refractivity contribution in [2.75, 3.05) is 6.61 Å². The second-order valence-corrected chi connectivity index (χ2v) is 13.5. The van der Waals surface area contributed by atoms with Crippen molar-refractivity contribution in [1.29, 1.82) is 5.26 Å². The number of nitriles is 1. The minimum atomic E-state index is -1.09. The van der Waals surface area contributed by atoms with Gasteiger partial charge in [-0.25, -0.2) is 0 Å². The number of rotatable bonds is 7. The molecule has 138 valence electrons. The van der Waals surface area contributed by atoms with Crippen LogP contribution in [-0.2, 0) is 11.5 Å². The molecule has 0 N–H and O–H groups in total. The molecule has 0 aliphatic heterocycles. The molecular weight excluding hydrogens is 352 g/mol. The molecule has 0 radical (unpaired) electrons. The number of benzene rings is 2. The highest BCUT2D eigenvalue weighted by Gasteiger charge is 2.15. The standard InChI is InChI=1S/C22H24N2O2Si/c1-27(2,3)13-12-26-16-24-11-10-17-14-18(8-9-21(17)24)22(25)20-7-5-4-6-19(20)15-23/h4-11,14H,12-13,16H2,1-3H3. The number of fused-ring (bicyclic) bond motifs is 1. The predicted molar refractivity (Wildman–Crippen MR) is 111 cm³/mol. The maximum atomic E-state index is 12.8. The second-order valence-electron chi connectivity index (χ2n) is 7.89. The Morgan fingerprint density at radius 3 is 2.67 bits per heavy atom. The zero-order valence-corrected chi connectivity index (χ0v) is 17.0. The Morgan fingerprint density at radius 2 is 1.93 bits per heavy atom. The third-order valence-corrected chi connectivity index (χ3v) is 6.26. The first-order valence-electron chi connectivity index (χ1n) is 9.09. The van der Waals surface area contributed by atoms with Gasteiger partial charge in [-0.3, -0.25) is 4.79 Å². The van der Waals surface area contributed by atoms with Crippen molar-refractivity contribution < 1.29 is 9.53 Å². The van der Waals surface area contributed by atoms with Crippen LogP contribution in [0.1, 0.15) is 21.5 Å². The average Bonchev–Trinajstić information content (AvgIpc) is 3.06. The highest BCUT2D eigenvalue weighted by atomic mass is 28.3. The van der Waals surface area contributed by atoms with Gasteiger partial charge >= 0.3 is 0 Å². The van der Waals surface area contributed by atoms with Crippen molar-refractivity contribution in [3.8, 4) is 6.07 Å². The largest absolute Gasteiger partial charge is 0.361 e. The van der Waals surface area contributed by atoms with E-state index in [-0.39, 0.29) is 5.78 Å². The monoisotopic (exact) mass is 376 g/mol. The maximum absolute atomic E-state index is 12.8. The molecule has 0 bridgehead atoms. The Hall–Kier alpha value is -2.68. The Labute approximate surface area is 161 Å². The molecule has 0 fully saturated rings. The van der Waals surface area contributed by atoms with Gasteiger partial charge in [0.05, 0.1) is 17.1 Å². The lowest BCUT2D eigenvalue weighted by Crippen LogP contribution is -2.21. The van der Waals surface area contributed by atoms with Crippen LogP contribution >= 0.6 is 0 Å². The summed E-state index contributed by atoms with van der Waals surface area (Å²) in [5.74, 6) is -0.131. The van der Waals surface area contributed by atoms with Crippen LogP contribution in [0.5, 0.6) is 0 Å². The Morgan fingerprint density at radius 1 is 1.15 bits per heavy atom. The van der Waals surface area contributed by atoms with Gasteiger partial charge in [-0.05, 0) is 42.4 Å². The molecular formula is C22H24N2O2Si. The topological polar surface area (TPSA) is 55.0 Å². The third kappa shape index (κ3) is 4.54. The van der Waals surface area contributed by atoms with Gasteiger partial charge in [-0.15, -0.1) is 0 Å². The van der Waals surface area contributed by atoms with Crippen molar-refractivity contribution in [2.24, 2.45) is 0 Å². The number of nitrogens with zero attached hydrogens (tertiary/aromatic N) is 2. The lowest BCUT2D eigenvalue weighted by Gasteiger charge is -2.15. The number of aromatic nitrogens is 1. The van der Waals surface area contributed by atoms with Crippen LogP contribution in [0.2, 0.25) is 25.7 Å². The Bertz CT molecular complexity index is 1010. The van der Waals surface area contributed by atoms with Gasteiger partial charge in [-0.1, -0.05) is 31.8 Å². The van der Waals surface area contributed by atoms with E-state index >= 15 is 0 Å². The Balaban J connectivity index is 1.77. The second kappa shape index (κ2) is 7.91. The first-order chi connectivity index (χ1) is 12.9. The first-order valence-corrected chi connectivity index (χ1v) is 12.8. The fourth-order valence-electron chi connectivity index (χ4n) is 2.93. The van der Waals surface area contributed by atoms with Gasteiger partial charge in [0.2, 0.25) is 0 Å². The summed E-state index contributed by atoms with van der Waals surface area (Å²) in [5.41, 5.74) is 2.46. The molecule has 0 amide bonds. The van der Waals surface area contributed by atoms with Crippen LogP contribution in [0.15, 0.2) is 54.7 Å².